The second-order valence-electron chi connectivity index (χ2n) is 5.62. The molecule has 0 aliphatic heterocycles. The van der Waals surface area contributed by atoms with E-state index in [0.29, 0.717) is 18.1 Å². The third kappa shape index (κ3) is 6.08. The van der Waals surface area contributed by atoms with Gasteiger partial charge in [-0.1, -0.05) is 35.9 Å². The first kappa shape index (κ1) is 18.7. The van der Waals surface area contributed by atoms with Gasteiger partial charge < -0.3 is 10.2 Å². The molecular weight excluding hydrogens is 336 g/mol. The summed E-state index contributed by atoms with van der Waals surface area (Å²) in [5.74, 6) is -0.175. The number of hydrogen-bond acceptors (Lipinski definition) is 2. The summed E-state index contributed by atoms with van der Waals surface area (Å²) in [6.45, 7) is 4.53. The Morgan fingerprint density at radius 3 is 2.48 bits per heavy atom. The molecule has 25 heavy (non-hydrogen) atoms. The number of carbonyl (C=O) groups is 2. The predicted octanol–water partition coefficient (Wildman–Crippen LogP) is 4.36. The van der Waals surface area contributed by atoms with Crippen molar-refractivity contribution in [1.82, 2.24) is 4.90 Å². The molecule has 0 bridgehead atoms. The number of halogens is 1. The Hall–Kier alpha value is -2.59. The predicted molar refractivity (Wildman–Crippen MR) is 102 cm³/mol. The number of hydrogen-bond donors (Lipinski definition) is 1. The maximum absolute atomic E-state index is 12.4. The highest BCUT2D eigenvalue weighted by molar-refractivity contribution is 6.30. The molecule has 0 aliphatic rings. The van der Waals surface area contributed by atoms with Gasteiger partial charge in [-0.15, -0.1) is 0 Å². The van der Waals surface area contributed by atoms with Crippen molar-refractivity contribution in [2.45, 2.75) is 20.4 Å². The average Bonchev–Trinajstić information content (AvgIpc) is 2.58. The summed E-state index contributed by atoms with van der Waals surface area (Å²) >= 11 is 5.99. The smallest absolute Gasteiger partial charge is 0.246 e. The van der Waals surface area contributed by atoms with Gasteiger partial charge in [0.05, 0.1) is 0 Å². The molecule has 4 nitrogen and oxygen atoms in total. The fourth-order valence-electron chi connectivity index (χ4n) is 2.36. The van der Waals surface area contributed by atoms with E-state index in [0.717, 1.165) is 16.8 Å². The van der Waals surface area contributed by atoms with Crippen molar-refractivity contribution >= 4 is 35.2 Å². The number of benzene rings is 2. The van der Waals surface area contributed by atoms with Crippen molar-refractivity contribution in [2.24, 2.45) is 0 Å². The van der Waals surface area contributed by atoms with Crippen LogP contribution in [-0.4, -0.2) is 23.3 Å². The maximum Gasteiger partial charge on any atom is 0.246 e. The lowest BCUT2D eigenvalue weighted by Crippen LogP contribution is -2.28. The molecule has 0 heterocycles. The molecule has 0 radical (unpaired) electrons. The molecule has 2 aromatic rings. The summed E-state index contributed by atoms with van der Waals surface area (Å²) < 4.78 is 0. The number of nitrogens with zero attached hydrogens (tertiary/aromatic N) is 1. The lowest BCUT2D eigenvalue weighted by atomic mass is 10.2. The molecule has 0 atom stereocenters. The molecule has 0 saturated carbocycles. The minimum atomic E-state index is -0.113. The number of anilines is 1. The van der Waals surface area contributed by atoms with Gasteiger partial charge in [-0.25, -0.2) is 0 Å². The number of likely N-dealkylation sites (N-methyl/N-ethyl adjacent to an activating group) is 1. The summed E-state index contributed by atoms with van der Waals surface area (Å²) in [5.41, 5.74) is 2.61. The van der Waals surface area contributed by atoms with Crippen LogP contribution in [0.5, 0.6) is 0 Å². The van der Waals surface area contributed by atoms with Crippen LogP contribution in [0.3, 0.4) is 0 Å². The van der Waals surface area contributed by atoms with E-state index in [1.165, 1.54) is 6.92 Å². The molecule has 0 fully saturated rings. The molecule has 130 valence electrons. The van der Waals surface area contributed by atoms with Crippen LogP contribution >= 0.6 is 11.6 Å². The van der Waals surface area contributed by atoms with Gasteiger partial charge >= 0.3 is 0 Å². The quantitative estimate of drug-likeness (QED) is 0.782. The highest BCUT2D eigenvalue weighted by Gasteiger charge is 2.09. The molecule has 0 saturated heterocycles. The van der Waals surface area contributed by atoms with Gasteiger partial charge in [-0.3, -0.25) is 9.59 Å². The van der Waals surface area contributed by atoms with E-state index >= 15 is 0 Å². The lowest BCUT2D eigenvalue weighted by Gasteiger charge is -2.19. The van der Waals surface area contributed by atoms with E-state index < -0.39 is 0 Å². The Morgan fingerprint density at radius 1 is 1.16 bits per heavy atom. The van der Waals surface area contributed by atoms with Crippen molar-refractivity contribution in [2.75, 3.05) is 11.9 Å². The maximum atomic E-state index is 12.4. The van der Waals surface area contributed by atoms with Gasteiger partial charge in [-0.05, 0) is 48.4 Å². The van der Waals surface area contributed by atoms with Crippen LogP contribution in [0.15, 0.2) is 54.6 Å². The Balaban J connectivity index is 2.00. The number of nitrogens with one attached hydrogen (secondary N) is 1. The zero-order valence-electron chi connectivity index (χ0n) is 14.3. The summed E-state index contributed by atoms with van der Waals surface area (Å²) in [4.78, 5) is 25.2. The standard InChI is InChI=1S/C20H21ClN2O2/c1-3-23(14-17-5-4-6-18(21)13-17)20(25)12-9-16-7-10-19(11-8-16)22-15(2)24/h4-13H,3,14H2,1-2H3,(H,22,24)/b12-9+. The molecule has 2 amide bonds. The van der Waals surface area contributed by atoms with Crippen molar-refractivity contribution < 1.29 is 9.59 Å². The molecule has 5 heteroatoms. The largest absolute Gasteiger partial charge is 0.335 e. The Morgan fingerprint density at radius 2 is 1.88 bits per heavy atom. The van der Waals surface area contributed by atoms with Crippen LogP contribution in [0.2, 0.25) is 5.02 Å². The SMILES string of the molecule is CCN(Cc1cccc(Cl)c1)C(=O)/C=C/c1ccc(NC(C)=O)cc1. The topological polar surface area (TPSA) is 49.4 Å². The van der Waals surface area contributed by atoms with Gasteiger partial charge in [0, 0.05) is 36.8 Å². The van der Waals surface area contributed by atoms with E-state index in [1.807, 2.05) is 43.3 Å². The summed E-state index contributed by atoms with van der Waals surface area (Å²) in [5, 5.41) is 3.37. The fourth-order valence-corrected chi connectivity index (χ4v) is 2.57. The van der Waals surface area contributed by atoms with E-state index in [4.69, 9.17) is 11.6 Å². The minimum Gasteiger partial charge on any atom is -0.335 e. The van der Waals surface area contributed by atoms with Crippen LogP contribution in [0, 0.1) is 0 Å². The molecule has 2 rings (SSSR count). The summed E-state index contributed by atoms with van der Waals surface area (Å²) in [6, 6.07) is 14.8. The van der Waals surface area contributed by atoms with Crippen LogP contribution in [-0.2, 0) is 16.1 Å². The molecule has 2 aromatic carbocycles. The van der Waals surface area contributed by atoms with Crippen molar-refractivity contribution in [3.8, 4) is 0 Å². The lowest BCUT2D eigenvalue weighted by molar-refractivity contribution is -0.126. The van der Waals surface area contributed by atoms with Gasteiger partial charge in [0.2, 0.25) is 11.8 Å². The van der Waals surface area contributed by atoms with Gasteiger partial charge in [-0.2, -0.15) is 0 Å². The fraction of sp³-hybridized carbons (Fsp3) is 0.200. The second-order valence-corrected chi connectivity index (χ2v) is 6.06. The molecule has 0 unspecified atom stereocenters. The van der Waals surface area contributed by atoms with Crippen molar-refractivity contribution in [3.63, 3.8) is 0 Å². The molecule has 0 aromatic heterocycles. The number of rotatable bonds is 6. The zero-order chi connectivity index (χ0) is 18.2. The number of amides is 2. The normalized spacial score (nSPS) is 10.7. The Bertz CT molecular complexity index is 770. The molecule has 0 spiro atoms. The molecule has 0 aliphatic carbocycles. The Labute approximate surface area is 153 Å². The van der Waals surface area contributed by atoms with E-state index in [9.17, 15) is 9.59 Å². The van der Waals surface area contributed by atoms with Crippen molar-refractivity contribution in [3.05, 3.63) is 70.8 Å². The van der Waals surface area contributed by atoms with E-state index in [-0.39, 0.29) is 11.8 Å². The number of carbonyl (C=O) groups excluding carboxylic acids is 2. The highest BCUT2D eigenvalue weighted by Crippen LogP contribution is 2.14. The first-order valence-corrected chi connectivity index (χ1v) is 8.45. The van der Waals surface area contributed by atoms with Gasteiger partial charge in [0.1, 0.15) is 0 Å². The third-order valence-electron chi connectivity index (χ3n) is 3.61. The summed E-state index contributed by atoms with van der Waals surface area (Å²) in [7, 11) is 0. The molecular formula is C20H21ClN2O2. The first-order chi connectivity index (χ1) is 12.0. The van der Waals surface area contributed by atoms with Crippen LogP contribution < -0.4 is 5.32 Å². The molecule has 1 N–H and O–H groups in total. The van der Waals surface area contributed by atoms with Gasteiger partial charge in [0.25, 0.3) is 0 Å². The monoisotopic (exact) mass is 356 g/mol. The van der Waals surface area contributed by atoms with Crippen molar-refractivity contribution in [1.29, 1.82) is 0 Å². The van der Waals surface area contributed by atoms with E-state index in [2.05, 4.69) is 5.32 Å². The van der Waals surface area contributed by atoms with Crippen LogP contribution in [0.4, 0.5) is 5.69 Å². The van der Waals surface area contributed by atoms with E-state index in [1.54, 1.807) is 29.2 Å². The average molecular weight is 357 g/mol. The summed E-state index contributed by atoms with van der Waals surface area (Å²) in [6.07, 6.45) is 3.32. The zero-order valence-corrected chi connectivity index (χ0v) is 15.1. The van der Waals surface area contributed by atoms with Gasteiger partial charge in [0.15, 0.2) is 0 Å². The highest BCUT2D eigenvalue weighted by atomic mass is 35.5. The minimum absolute atomic E-state index is 0.0617. The first-order valence-electron chi connectivity index (χ1n) is 8.07. The van der Waals surface area contributed by atoms with Crippen LogP contribution in [0.25, 0.3) is 6.08 Å². The third-order valence-corrected chi connectivity index (χ3v) is 3.84. The second kappa shape index (κ2) is 9.04. The van der Waals surface area contributed by atoms with Crippen LogP contribution in [0.1, 0.15) is 25.0 Å². The Kier molecular flexibility index (Phi) is 6.78.